The van der Waals surface area contributed by atoms with E-state index in [4.69, 9.17) is 0 Å². The van der Waals surface area contributed by atoms with Gasteiger partial charge in [-0.1, -0.05) is 18.1 Å². The maximum Gasteiger partial charge on any atom is 0.0245 e. The molecule has 0 aliphatic heterocycles. The molecule has 0 radical (unpaired) electrons. The van der Waals surface area contributed by atoms with Crippen molar-refractivity contribution in [3.63, 3.8) is 0 Å². The Morgan fingerprint density at radius 3 is 2.30 bits per heavy atom. The van der Waals surface area contributed by atoms with Crippen LogP contribution in [-0.2, 0) is 0 Å². The van der Waals surface area contributed by atoms with Crippen LogP contribution in [0.5, 0.6) is 0 Å². The molecule has 0 saturated carbocycles. The molecule has 50 valence electrons. The predicted octanol–water partition coefficient (Wildman–Crippen LogP) is 1.56. The molecule has 0 aromatic heterocycles. The van der Waals surface area contributed by atoms with Crippen LogP contribution in [0.1, 0.15) is 12.5 Å². The van der Waals surface area contributed by atoms with Gasteiger partial charge in [0.05, 0.1) is 0 Å². The molecule has 0 spiro atoms. The van der Waals surface area contributed by atoms with E-state index in [1.54, 1.807) is 0 Å². The van der Waals surface area contributed by atoms with E-state index < -0.39 is 0 Å². The molecule has 0 saturated heterocycles. The van der Waals surface area contributed by atoms with Gasteiger partial charge in [0.1, 0.15) is 0 Å². The van der Waals surface area contributed by atoms with Crippen molar-refractivity contribution in [2.45, 2.75) is 6.92 Å². The van der Waals surface area contributed by atoms with Gasteiger partial charge in [0.15, 0.2) is 0 Å². The molecule has 1 unspecified atom stereocenters. The molecule has 0 heterocycles. The topological polar surface area (TPSA) is 0 Å². The van der Waals surface area contributed by atoms with Gasteiger partial charge in [-0.2, -0.15) is 0 Å². The average molecular weight is 148 g/mol. The van der Waals surface area contributed by atoms with Crippen molar-refractivity contribution in [1.29, 1.82) is 0 Å². The van der Waals surface area contributed by atoms with E-state index in [-0.39, 0.29) is 0 Å². The third-order valence-electron chi connectivity index (χ3n) is 1.18. The zero-order valence-electron chi connectivity index (χ0n) is 5.89. The zero-order valence-corrected chi connectivity index (χ0v) is 7.04. The van der Waals surface area contributed by atoms with Gasteiger partial charge in [-0.05, 0) is 24.4 Å². The highest BCUT2D eigenvalue weighted by molar-refractivity contribution is 7.27. The Balaban J connectivity index is 2.97. The van der Waals surface area contributed by atoms with Crippen molar-refractivity contribution in [2.75, 3.05) is 0 Å². The molecular weight excluding hydrogens is 139 g/mol. The van der Waals surface area contributed by atoms with Crippen molar-refractivity contribution >= 4 is 14.5 Å². The first kappa shape index (κ1) is 7.32. The summed E-state index contributed by atoms with van der Waals surface area (Å²) in [6.07, 6.45) is 0. The molecule has 0 fully saturated rings. The van der Waals surface area contributed by atoms with E-state index in [2.05, 4.69) is 21.1 Å². The van der Waals surface area contributed by atoms with Crippen LogP contribution in [0.15, 0.2) is 24.3 Å². The zero-order chi connectivity index (χ0) is 7.40. The van der Waals surface area contributed by atoms with Crippen LogP contribution in [0.3, 0.4) is 0 Å². The van der Waals surface area contributed by atoms with Gasteiger partial charge in [0.2, 0.25) is 0 Å². The monoisotopic (exact) mass is 148 g/mol. The second-order valence-electron chi connectivity index (χ2n) is 2.00. The normalized spacial score (nSPS) is 8.20. The average Bonchev–Trinajstić information content (AvgIpc) is 1.95. The first-order chi connectivity index (χ1) is 4.83. The molecule has 1 aromatic carbocycles. The summed E-state index contributed by atoms with van der Waals surface area (Å²) in [6.45, 7) is 1.84. The summed E-state index contributed by atoms with van der Waals surface area (Å²) >= 11 is 0. The molecule has 1 rings (SSSR count). The lowest BCUT2D eigenvalue weighted by molar-refractivity contribution is 1.68. The molecule has 1 atom stereocenters. The first-order valence-corrected chi connectivity index (χ1v) is 3.69. The first-order valence-electron chi connectivity index (χ1n) is 3.11. The summed E-state index contributed by atoms with van der Waals surface area (Å²) in [5.74, 6) is 5.82. The third-order valence-corrected chi connectivity index (χ3v) is 1.56. The minimum absolute atomic E-state index is 1.08. The van der Waals surface area contributed by atoms with Crippen LogP contribution in [0.2, 0.25) is 0 Å². The molecule has 0 amide bonds. The number of rotatable bonds is 0. The highest BCUT2D eigenvalue weighted by Gasteiger charge is 1.83. The third kappa shape index (κ3) is 1.87. The van der Waals surface area contributed by atoms with Gasteiger partial charge in [-0.25, -0.2) is 0 Å². The van der Waals surface area contributed by atoms with Crippen molar-refractivity contribution in [3.8, 4) is 11.8 Å². The van der Waals surface area contributed by atoms with E-state index in [9.17, 15) is 0 Å². The van der Waals surface area contributed by atoms with Crippen LogP contribution in [0, 0.1) is 11.8 Å². The van der Waals surface area contributed by atoms with E-state index >= 15 is 0 Å². The predicted molar refractivity (Wildman–Crippen MR) is 48.3 cm³/mol. The molecule has 1 heteroatoms. The number of hydrogen-bond donors (Lipinski definition) is 0. The molecule has 0 N–H and O–H groups in total. The van der Waals surface area contributed by atoms with E-state index in [1.807, 2.05) is 31.2 Å². The van der Waals surface area contributed by atoms with Crippen LogP contribution >= 0.6 is 9.24 Å². The highest BCUT2D eigenvalue weighted by Crippen LogP contribution is 1.95. The van der Waals surface area contributed by atoms with Gasteiger partial charge in [-0.15, -0.1) is 15.2 Å². The summed E-state index contributed by atoms with van der Waals surface area (Å²) in [5.41, 5.74) is 1.08. The minimum atomic E-state index is 1.08. The Morgan fingerprint density at radius 2 is 1.80 bits per heavy atom. The van der Waals surface area contributed by atoms with E-state index in [0.29, 0.717) is 0 Å². The molecule has 0 nitrogen and oxygen atoms in total. The summed E-state index contributed by atoms with van der Waals surface area (Å²) in [4.78, 5) is 0. The maximum atomic E-state index is 2.98. The van der Waals surface area contributed by atoms with Crippen LogP contribution in [0.25, 0.3) is 0 Å². The standard InChI is InChI=1S/C9H9P/c1-2-3-8-4-6-9(10)7-5-8/h4-7H,10H2,1H3. The molecule has 0 bridgehead atoms. The Morgan fingerprint density at radius 1 is 1.20 bits per heavy atom. The molecular formula is C9H9P. The molecule has 10 heavy (non-hydrogen) atoms. The highest BCUT2D eigenvalue weighted by atomic mass is 31.0. The number of hydrogen-bond acceptors (Lipinski definition) is 0. The quantitative estimate of drug-likeness (QED) is 0.387. The van der Waals surface area contributed by atoms with E-state index in [0.717, 1.165) is 5.56 Å². The van der Waals surface area contributed by atoms with Crippen LogP contribution in [-0.4, -0.2) is 0 Å². The van der Waals surface area contributed by atoms with E-state index in [1.165, 1.54) is 5.30 Å². The number of benzene rings is 1. The SMILES string of the molecule is CC#Cc1ccc(P)cc1. The van der Waals surface area contributed by atoms with Gasteiger partial charge in [0, 0.05) is 5.56 Å². The molecule has 1 aromatic rings. The fraction of sp³-hybridized carbons (Fsp3) is 0.111. The molecule has 0 aliphatic rings. The Kier molecular flexibility index (Phi) is 2.49. The Hall–Kier alpha value is -0.790. The van der Waals surface area contributed by atoms with Crippen molar-refractivity contribution in [2.24, 2.45) is 0 Å². The summed E-state index contributed by atoms with van der Waals surface area (Å²) in [5, 5.41) is 1.20. The van der Waals surface area contributed by atoms with Crippen molar-refractivity contribution in [3.05, 3.63) is 29.8 Å². The maximum absolute atomic E-state index is 2.98. The smallest absolute Gasteiger partial charge is 0.0245 e. The minimum Gasteiger partial charge on any atom is -0.106 e. The lowest BCUT2D eigenvalue weighted by Gasteiger charge is -1.90. The summed E-state index contributed by atoms with van der Waals surface area (Å²) in [7, 11) is 2.64. The molecule has 0 aliphatic carbocycles. The van der Waals surface area contributed by atoms with Gasteiger partial charge in [-0.3, -0.25) is 0 Å². The van der Waals surface area contributed by atoms with Gasteiger partial charge < -0.3 is 0 Å². The summed E-state index contributed by atoms with van der Waals surface area (Å²) < 4.78 is 0. The van der Waals surface area contributed by atoms with Crippen LogP contribution < -0.4 is 5.30 Å². The fourth-order valence-electron chi connectivity index (χ4n) is 0.711. The van der Waals surface area contributed by atoms with Crippen molar-refractivity contribution in [1.82, 2.24) is 0 Å². The Labute approximate surface area is 63.9 Å². The second-order valence-corrected chi connectivity index (χ2v) is 2.66. The van der Waals surface area contributed by atoms with Gasteiger partial charge >= 0.3 is 0 Å². The van der Waals surface area contributed by atoms with Crippen molar-refractivity contribution < 1.29 is 0 Å². The lowest BCUT2D eigenvalue weighted by Crippen LogP contribution is -1.86. The fourth-order valence-corrected chi connectivity index (χ4v) is 0.903. The summed E-state index contributed by atoms with van der Waals surface area (Å²) in [6, 6.07) is 8.09. The Bertz CT molecular complexity index is 261. The second kappa shape index (κ2) is 3.40. The largest absolute Gasteiger partial charge is 0.106 e. The van der Waals surface area contributed by atoms with Gasteiger partial charge in [0.25, 0.3) is 0 Å². The lowest BCUT2D eigenvalue weighted by atomic mass is 10.2. The van der Waals surface area contributed by atoms with Crippen LogP contribution in [0.4, 0.5) is 0 Å².